The molecule has 6 heteroatoms. The molecule has 4 rings (SSSR count). The second-order valence-electron chi connectivity index (χ2n) is 6.85. The van der Waals surface area contributed by atoms with Crippen molar-refractivity contribution in [3.8, 4) is 17.1 Å². The highest BCUT2D eigenvalue weighted by Gasteiger charge is 2.14. The van der Waals surface area contributed by atoms with Gasteiger partial charge in [-0.3, -0.25) is 4.79 Å². The van der Waals surface area contributed by atoms with E-state index in [9.17, 15) is 4.79 Å². The van der Waals surface area contributed by atoms with Crippen LogP contribution in [0.15, 0.2) is 72.8 Å². The van der Waals surface area contributed by atoms with Crippen LogP contribution in [0.3, 0.4) is 0 Å². The zero-order chi connectivity index (χ0) is 20.2. The summed E-state index contributed by atoms with van der Waals surface area (Å²) < 4.78 is 7.34. The van der Waals surface area contributed by atoms with Crippen molar-refractivity contribution < 1.29 is 9.53 Å². The molecule has 0 aliphatic rings. The molecule has 0 spiro atoms. The summed E-state index contributed by atoms with van der Waals surface area (Å²) in [6, 6.07) is 23.4. The Bertz CT molecular complexity index is 1120. The quantitative estimate of drug-likeness (QED) is 0.546. The first-order chi connectivity index (χ1) is 14.1. The van der Waals surface area contributed by atoms with Gasteiger partial charge in [-0.2, -0.15) is 10.1 Å². The third-order valence-corrected chi connectivity index (χ3v) is 4.74. The first-order valence-electron chi connectivity index (χ1n) is 9.48. The van der Waals surface area contributed by atoms with Crippen LogP contribution in [0, 0.1) is 0 Å². The van der Waals surface area contributed by atoms with Crippen LogP contribution in [0.4, 0.5) is 0 Å². The lowest BCUT2D eigenvalue weighted by Crippen LogP contribution is -2.31. The number of ether oxygens (including phenoxy) is 1. The van der Waals surface area contributed by atoms with Gasteiger partial charge in [0.1, 0.15) is 5.69 Å². The maximum absolute atomic E-state index is 12.2. The number of hydrogen-bond acceptors (Lipinski definition) is 4. The summed E-state index contributed by atoms with van der Waals surface area (Å²) in [5.41, 5.74) is 3.66. The molecule has 2 aromatic carbocycles. The van der Waals surface area contributed by atoms with E-state index in [-0.39, 0.29) is 18.6 Å². The SMILES string of the molecule is CC(NC(=O)COc1ccc2c(-c3ccccc3)nn(C)c2n1)c1ccccc1. The van der Waals surface area contributed by atoms with Gasteiger partial charge < -0.3 is 10.1 Å². The Labute approximate surface area is 169 Å². The van der Waals surface area contributed by atoms with E-state index >= 15 is 0 Å². The van der Waals surface area contributed by atoms with E-state index in [1.54, 1.807) is 10.7 Å². The van der Waals surface area contributed by atoms with Crippen LogP contribution in [-0.2, 0) is 11.8 Å². The zero-order valence-electron chi connectivity index (χ0n) is 16.4. The number of aryl methyl sites for hydroxylation is 1. The maximum Gasteiger partial charge on any atom is 0.258 e. The molecule has 1 atom stereocenters. The number of pyridine rings is 1. The van der Waals surface area contributed by atoms with E-state index in [1.807, 2.05) is 80.7 Å². The van der Waals surface area contributed by atoms with Crippen molar-refractivity contribution in [2.24, 2.45) is 7.05 Å². The van der Waals surface area contributed by atoms with E-state index in [0.29, 0.717) is 11.5 Å². The lowest BCUT2D eigenvalue weighted by atomic mass is 10.1. The predicted molar refractivity (Wildman–Crippen MR) is 112 cm³/mol. The second kappa shape index (κ2) is 8.14. The average molecular weight is 386 g/mol. The molecule has 0 radical (unpaired) electrons. The van der Waals surface area contributed by atoms with Gasteiger partial charge in [0.05, 0.1) is 6.04 Å². The Morgan fingerprint density at radius 1 is 1.03 bits per heavy atom. The van der Waals surface area contributed by atoms with Crippen LogP contribution in [-0.4, -0.2) is 27.3 Å². The third-order valence-electron chi connectivity index (χ3n) is 4.74. The van der Waals surface area contributed by atoms with Crippen LogP contribution in [0.25, 0.3) is 22.3 Å². The van der Waals surface area contributed by atoms with Crippen molar-refractivity contribution in [3.63, 3.8) is 0 Å². The van der Waals surface area contributed by atoms with Crippen LogP contribution >= 0.6 is 0 Å². The molecule has 1 N–H and O–H groups in total. The lowest BCUT2D eigenvalue weighted by molar-refractivity contribution is -0.123. The molecular formula is C23H22N4O2. The fourth-order valence-electron chi connectivity index (χ4n) is 3.25. The molecule has 0 saturated carbocycles. The Morgan fingerprint density at radius 2 is 1.72 bits per heavy atom. The van der Waals surface area contributed by atoms with Crippen LogP contribution in [0.2, 0.25) is 0 Å². The van der Waals surface area contributed by atoms with E-state index in [2.05, 4.69) is 15.4 Å². The highest BCUT2D eigenvalue weighted by Crippen LogP contribution is 2.27. The highest BCUT2D eigenvalue weighted by molar-refractivity contribution is 5.91. The zero-order valence-corrected chi connectivity index (χ0v) is 16.4. The van der Waals surface area contributed by atoms with Gasteiger partial charge >= 0.3 is 0 Å². The minimum atomic E-state index is -0.196. The molecule has 0 aliphatic carbocycles. The smallest absolute Gasteiger partial charge is 0.258 e. The minimum absolute atomic E-state index is 0.0896. The van der Waals surface area contributed by atoms with Crippen LogP contribution < -0.4 is 10.1 Å². The number of aromatic nitrogens is 3. The lowest BCUT2D eigenvalue weighted by Gasteiger charge is -2.14. The number of rotatable bonds is 6. The van der Waals surface area contributed by atoms with Crippen molar-refractivity contribution in [2.45, 2.75) is 13.0 Å². The van der Waals surface area contributed by atoms with E-state index in [4.69, 9.17) is 4.74 Å². The molecule has 0 saturated heterocycles. The number of nitrogens with one attached hydrogen (secondary N) is 1. The highest BCUT2D eigenvalue weighted by atomic mass is 16.5. The molecular weight excluding hydrogens is 364 g/mol. The Kier molecular flexibility index (Phi) is 5.24. The molecule has 0 bridgehead atoms. The molecule has 2 aromatic heterocycles. The number of amides is 1. The number of benzene rings is 2. The number of carbonyl (C=O) groups is 1. The van der Waals surface area contributed by atoms with Gasteiger partial charge in [0.2, 0.25) is 5.88 Å². The van der Waals surface area contributed by atoms with Gasteiger partial charge in [0.25, 0.3) is 5.91 Å². The normalized spacial score (nSPS) is 11.9. The summed E-state index contributed by atoms with van der Waals surface area (Å²) in [5, 5.41) is 8.46. The fraction of sp³-hybridized carbons (Fsp3) is 0.174. The third kappa shape index (κ3) is 4.11. The predicted octanol–water partition coefficient (Wildman–Crippen LogP) is 3.89. The van der Waals surface area contributed by atoms with Crippen LogP contribution in [0.1, 0.15) is 18.5 Å². The molecule has 4 aromatic rings. The first kappa shape index (κ1) is 18.7. The van der Waals surface area contributed by atoms with E-state index in [1.165, 1.54) is 0 Å². The van der Waals surface area contributed by atoms with Crippen molar-refractivity contribution in [1.82, 2.24) is 20.1 Å². The van der Waals surface area contributed by atoms with E-state index < -0.39 is 0 Å². The van der Waals surface area contributed by atoms with Crippen LogP contribution in [0.5, 0.6) is 5.88 Å². The largest absolute Gasteiger partial charge is 0.468 e. The second-order valence-corrected chi connectivity index (χ2v) is 6.85. The Balaban J connectivity index is 1.45. The molecule has 2 heterocycles. The van der Waals surface area contributed by atoms with Gasteiger partial charge in [0, 0.05) is 24.1 Å². The molecule has 6 nitrogen and oxygen atoms in total. The summed E-state index contributed by atoms with van der Waals surface area (Å²) >= 11 is 0. The summed E-state index contributed by atoms with van der Waals surface area (Å²) in [6.45, 7) is 1.84. The Morgan fingerprint density at radius 3 is 2.45 bits per heavy atom. The topological polar surface area (TPSA) is 69.0 Å². The van der Waals surface area contributed by atoms with Crippen molar-refractivity contribution in [1.29, 1.82) is 0 Å². The average Bonchev–Trinajstić information content (AvgIpc) is 3.09. The minimum Gasteiger partial charge on any atom is -0.468 e. The molecule has 0 aliphatic heterocycles. The standard InChI is InChI=1S/C23H22N4O2/c1-16(17-9-5-3-6-10-17)24-20(28)15-29-21-14-13-19-22(18-11-7-4-8-12-18)26-27(2)23(19)25-21/h3-14,16H,15H2,1-2H3,(H,24,28). The number of carbonyl (C=O) groups excluding carboxylic acids is 1. The summed E-state index contributed by atoms with van der Waals surface area (Å²) in [7, 11) is 1.85. The van der Waals surface area contributed by atoms with Crippen molar-refractivity contribution >= 4 is 16.9 Å². The Hall–Kier alpha value is -3.67. The number of hydrogen-bond donors (Lipinski definition) is 1. The molecule has 1 unspecified atom stereocenters. The van der Waals surface area contributed by atoms with Gasteiger partial charge in [-0.1, -0.05) is 60.7 Å². The number of fused-ring (bicyclic) bond motifs is 1. The molecule has 29 heavy (non-hydrogen) atoms. The number of nitrogens with zero attached hydrogens (tertiary/aromatic N) is 3. The summed E-state index contributed by atoms with van der Waals surface area (Å²) in [6.07, 6.45) is 0. The monoisotopic (exact) mass is 386 g/mol. The van der Waals surface area contributed by atoms with Crippen molar-refractivity contribution in [3.05, 3.63) is 78.4 Å². The first-order valence-corrected chi connectivity index (χ1v) is 9.48. The fourth-order valence-corrected chi connectivity index (χ4v) is 3.25. The summed E-state index contributed by atoms with van der Waals surface area (Å²) in [4.78, 5) is 16.8. The van der Waals surface area contributed by atoms with E-state index in [0.717, 1.165) is 22.2 Å². The maximum atomic E-state index is 12.2. The van der Waals surface area contributed by atoms with Gasteiger partial charge in [-0.25, -0.2) is 4.68 Å². The molecule has 0 fully saturated rings. The van der Waals surface area contributed by atoms with Gasteiger partial charge in [-0.05, 0) is 18.6 Å². The van der Waals surface area contributed by atoms with Gasteiger partial charge in [-0.15, -0.1) is 0 Å². The summed E-state index contributed by atoms with van der Waals surface area (Å²) in [5.74, 6) is 0.195. The van der Waals surface area contributed by atoms with Crippen molar-refractivity contribution in [2.75, 3.05) is 6.61 Å². The molecule has 146 valence electrons. The molecule has 1 amide bonds. The van der Waals surface area contributed by atoms with Gasteiger partial charge in [0.15, 0.2) is 12.3 Å².